The normalized spacial score (nSPS) is 15.7. The maximum Gasteiger partial charge on any atom is 0.295 e. The van der Waals surface area contributed by atoms with Crippen LogP contribution in [0.3, 0.4) is 0 Å². The summed E-state index contributed by atoms with van der Waals surface area (Å²) in [5, 5.41) is 0.185. The summed E-state index contributed by atoms with van der Waals surface area (Å²) in [6.07, 6.45) is 6.86. The highest BCUT2D eigenvalue weighted by atomic mass is 28.4. The Morgan fingerprint density at radius 1 is 1.17 bits per heavy atom. The standard InChI is InChI=1S/C22H41N3O3Si2/c1-22(2,3)30(7,8)28-14-9-11-19-17-25(18-27-15-16-29(4,5)6)21(26)20(23-19)24-12-10-13-24/h9,11,17H,10,12-16,18H2,1-8H3/b11-9+. The fourth-order valence-corrected chi connectivity index (χ4v) is 4.34. The Morgan fingerprint density at radius 2 is 1.83 bits per heavy atom. The molecule has 0 amide bonds. The number of aromatic nitrogens is 2. The molecule has 2 rings (SSSR count). The van der Waals surface area contributed by atoms with Gasteiger partial charge in [0.05, 0.1) is 12.3 Å². The third kappa shape index (κ3) is 7.18. The molecule has 170 valence electrons. The number of hydrogen-bond acceptors (Lipinski definition) is 5. The minimum atomic E-state index is -1.78. The van der Waals surface area contributed by atoms with Gasteiger partial charge in [0, 0.05) is 34.0 Å². The van der Waals surface area contributed by atoms with Crippen molar-refractivity contribution in [3.63, 3.8) is 0 Å². The second-order valence-electron chi connectivity index (χ2n) is 10.9. The van der Waals surface area contributed by atoms with E-state index in [1.807, 2.05) is 17.1 Å². The van der Waals surface area contributed by atoms with Gasteiger partial charge in [-0.15, -0.1) is 0 Å². The van der Waals surface area contributed by atoms with E-state index in [-0.39, 0.29) is 17.3 Å². The summed E-state index contributed by atoms with van der Waals surface area (Å²) in [6.45, 7) is 21.5. The summed E-state index contributed by atoms with van der Waals surface area (Å²) in [6, 6.07) is 1.09. The Bertz CT molecular complexity index is 788. The minimum Gasteiger partial charge on any atom is -0.413 e. The Kier molecular flexibility index (Phi) is 8.29. The van der Waals surface area contributed by atoms with Gasteiger partial charge in [-0.1, -0.05) is 46.5 Å². The van der Waals surface area contributed by atoms with Crippen LogP contribution < -0.4 is 10.5 Å². The van der Waals surface area contributed by atoms with E-state index in [0.717, 1.165) is 31.2 Å². The molecule has 0 atom stereocenters. The molecule has 2 heterocycles. The van der Waals surface area contributed by atoms with Crippen LogP contribution in [0.5, 0.6) is 0 Å². The topological polar surface area (TPSA) is 56.6 Å². The van der Waals surface area contributed by atoms with Gasteiger partial charge < -0.3 is 14.1 Å². The molecule has 30 heavy (non-hydrogen) atoms. The molecule has 1 fully saturated rings. The van der Waals surface area contributed by atoms with Crippen LogP contribution in [0.2, 0.25) is 43.8 Å². The maximum absolute atomic E-state index is 12.9. The molecule has 1 aliphatic rings. The van der Waals surface area contributed by atoms with Crippen LogP contribution in [-0.4, -0.2) is 52.2 Å². The molecule has 0 aliphatic carbocycles. The van der Waals surface area contributed by atoms with Crippen LogP contribution in [-0.2, 0) is 15.9 Å². The Morgan fingerprint density at radius 3 is 2.37 bits per heavy atom. The number of anilines is 1. The van der Waals surface area contributed by atoms with E-state index >= 15 is 0 Å². The van der Waals surface area contributed by atoms with Crippen molar-refractivity contribution in [2.45, 2.75) is 77.7 Å². The molecule has 1 saturated heterocycles. The second kappa shape index (κ2) is 9.93. The van der Waals surface area contributed by atoms with Crippen molar-refractivity contribution in [3.05, 3.63) is 28.3 Å². The largest absolute Gasteiger partial charge is 0.413 e. The molecule has 1 aromatic rings. The van der Waals surface area contributed by atoms with E-state index in [1.54, 1.807) is 10.8 Å². The first-order valence-corrected chi connectivity index (χ1v) is 17.7. The molecule has 0 aromatic carbocycles. The highest BCUT2D eigenvalue weighted by Crippen LogP contribution is 2.36. The van der Waals surface area contributed by atoms with Gasteiger partial charge in [-0.25, -0.2) is 4.98 Å². The summed E-state index contributed by atoms with van der Waals surface area (Å²) < 4.78 is 13.7. The zero-order valence-electron chi connectivity index (χ0n) is 20.2. The highest BCUT2D eigenvalue weighted by Gasteiger charge is 2.36. The van der Waals surface area contributed by atoms with Crippen molar-refractivity contribution in [2.24, 2.45) is 0 Å². The molecule has 0 saturated carbocycles. The van der Waals surface area contributed by atoms with Crippen LogP contribution in [0.4, 0.5) is 5.82 Å². The Balaban J connectivity index is 2.09. The monoisotopic (exact) mass is 451 g/mol. The summed E-state index contributed by atoms with van der Waals surface area (Å²) in [5.74, 6) is 0.530. The molecule has 1 aliphatic heterocycles. The number of ether oxygens (including phenoxy) is 1. The Labute approximate surface area is 184 Å². The van der Waals surface area contributed by atoms with Crippen LogP contribution in [0.1, 0.15) is 32.9 Å². The lowest BCUT2D eigenvalue weighted by atomic mass is 10.2. The third-order valence-electron chi connectivity index (χ3n) is 5.99. The van der Waals surface area contributed by atoms with Crippen molar-refractivity contribution in [3.8, 4) is 0 Å². The Hall–Kier alpha value is -1.23. The number of nitrogens with zero attached hydrogens (tertiary/aromatic N) is 3. The molecular formula is C22H41N3O3Si2. The fraction of sp³-hybridized carbons (Fsp3) is 0.727. The maximum atomic E-state index is 12.9. The first kappa shape index (κ1) is 25.0. The lowest BCUT2D eigenvalue weighted by Gasteiger charge is -2.35. The molecule has 0 bridgehead atoms. The van der Waals surface area contributed by atoms with Crippen LogP contribution in [0.25, 0.3) is 6.08 Å². The molecule has 6 nitrogen and oxygen atoms in total. The van der Waals surface area contributed by atoms with Gasteiger partial charge in [0.2, 0.25) is 0 Å². The molecule has 0 unspecified atom stereocenters. The zero-order valence-corrected chi connectivity index (χ0v) is 22.2. The first-order valence-electron chi connectivity index (χ1n) is 11.0. The summed E-state index contributed by atoms with van der Waals surface area (Å²) in [5.41, 5.74) is 0.696. The van der Waals surface area contributed by atoms with Gasteiger partial charge in [0.1, 0.15) is 6.73 Å². The highest BCUT2D eigenvalue weighted by molar-refractivity contribution is 6.76. The summed E-state index contributed by atoms with van der Waals surface area (Å²) >= 11 is 0. The van der Waals surface area contributed by atoms with Crippen molar-refractivity contribution in [1.82, 2.24) is 9.55 Å². The van der Waals surface area contributed by atoms with Gasteiger partial charge >= 0.3 is 0 Å². The van der Waals surface area contributed by atoms with E-state index in [2.05, 4.69) is 58.5 Å². The summed E-state index contributed by atoms with van der Waals surface area (Å²) in [4.78, 5) is 19.5. The molecule has 8 heteroatoms. The van der Waals surface area contributed by atoms with Crippen molar-refractivity contribution < 1.29 is 9.16 Å². The average molecular weight is 452 g/mol. The van der Waals surface area contributed by atoms with Crippen molar-refractivity contribution in [2.75, 3.05) is 31.2 Å². The predicted molar refractivity (Wildman–Crippen MR) is 132 cm³/mol. The molecule has 0 radical (unpaired) electrons. The lowest BCUT2D eigenvalue weighted by molar-refractivity contribution is 0.0845. The molecule has 0 spiro atoms. The average Bonchev–Trinajstić information content (AvgIpc) is 2.55. The minimum absolute atomic E-state index is 0.0719. The van der Waals surface area contributed by atoms with Gasteiger partial charge in [-0.05, 0) is 36.7 Å². The predicted octanol–water partition coefficient (Wildman–Crippen LogP) is 4.80. The molecular weight excluding hydrogens is 410 g/mol. The molecule has 1 aromatic heterocycles. The smallest absolute Gasteiger partial charge is 0.295 e. The SMILES string of the molecule is CC(C)(C)[Si](C)(C)OC/C=C/c1cn(COCC[Si](C)(C)C)c(=O)c(N2CCC2)n1. The lowest BCUT2D eigenvalue weighted by Crippen LogP contribution is -2.42. The van der Waals surface area contributed by atoms with E-state index in [9.17, 15) is 4.79 Å². The van der Waals surface area contributed by atoms with Gasteiger partial charge in [0.15, 0.2) is 14.1 Å². The first-order chi connectivity index (χ1) is 13.8. The van der Waals surface area contributed by atoms with Gasteiger partial charge in [-0.3, -0.25) is 9.36 Å². The molecule has 0 N–H and O–H groups in total. The van der Waals surface area contributed by atoms with E-state index < -0.39 is 16.4 Å². The zero-order chi connectivity index (χ0) is 22.6. The van der Waals surface area contributed by atoms with Gasteiger partial charge in [-0.2, -0.15) is 0 Å². The van der Waals surface area contributed by atoms with E-state index in [0.29, 0.717) is 19.0 Å². The van der Waals surface area contributed by atoms with Crippen LogP contribution >= 0.6 is 0 Å². The van der Waals surface area contributed by atoms with Gasteiger partial charge in [0.25, 0.3) is 5.56 Å². The fourth-order valence-electron chi connectivity index (χ4n) is 2.64. The number of rotatable bonds is 10. The van der Waals surface area contributed by atoms with Crippen molar-refractivity contribution >= 4 is 28.3 Å². The number of hydrogen-bond donors (Lipinski definition) is 0. The third-order valence-corrected chi connectivity index (χ3v) is 12.2. The van der Waals surface area contributed by atoms with Crippen molar-refractivity contribution in [1.29, 1.82) is 0 Å². The van der Waals surface area contributed by atoms with E-state index in [1.165, 1.54) is 0 Å². The van der Waals surface area contributed by atoms with Crippen LogP contribution in [0.15, 0.2) is 17.1 Å². The van der Waals surface area contributed by atoms with Crippen LogP contribution in [0, 0.1) is 0 Å². The van der Waals surface area contributed by atoms with E-state index in [4.69, 9.17) is 9.16 Å². The second-order valence-corrected chi connectivity index (χ2v) is 21.4. The summed E-state index contributed by atoms with van der Waals surface area (Å²) in [7, 11) is -2.93. The quantitative estimate of drug-likeness (QED) is 0.378.